The van der Waals surface area contributed by atoms with E-state index in [2.05, 4.69) is 21.9 Å². The third-order valence-corrected chi connectivity index (χ3v) is 5.16. The van der Waals surface area contributed by atoms with Crippen LogP contribution in [-0.2, 0) is 9.84 Å². The summed E-state index contributed by atoms with van der Waals surface area (Å²) >= 11 is 1.81. The van der Waals surface area contributed by atoms with Crippen LogP contribution in [0.3, 0.4) is 0 Å². The molecule has 1 heterocycles. The van der Waals surface area contributed by atoms with Crippen LogP contribution in [0, 0.1) is 0 Å². The Kier molecular flexibility index (Phi) is 6.85. The number of hydrogen-bond donors (Lipinski definition) is 2. The minimum Gasteiger partial charge on any atom is -0.357 e. The molecule has 1 fully saturated rings. The topological polar surface area (TPSA) is 70.6 Å². The second-order valence-electron chi connectivity index (χ2n) is 4.35. The lowest BCUT2D eigenvalue weighted by molar-refractivity contribution is 0.599. The van der Waals surface area contributed by atoms with Gasteiger partial charge < -0.3 is 10.6 Å². The van der Waals surface area contributed by atoms with Crippen molar-refractivity contribution in [1.29, 1.82) is 0 Å². The molecule has 1 aliphatic heterocycles. The fourth-order valence-corrected chi connectivity index (χ4v) is 3.91. The number of nitrogens with one attached hydrogen (secondary N) is 2. The van der Waals surface area contributed by atoms with E-state index in [4.69, 9.17) is 0 Å². The van der Waals surface area contributed by atoms with Crippen molar-refractivity contribution in [2.45, 2.75) is 25.8 Å². The average molecular weight is 293 g/mol. The lowest BCUT2D eigenvalue weighted by Crippen LogP contribution is -2.44. The number of nitrogens with zero attached hydrogens (tertiary/aromatic N) is 1. The van der Waals surface area contributed by atoms with E-state index < -0.39 is 9.84 Å². The predicted octanol–water partition coefficient (Wildman–Crippen LogP) is 0.482. The summed E-state index contributed by atoms with van der Waals surface area (Å²) in [5, 5.41) is 6.35. The van der Waals surface area contributed by atoms with Gasteiger partial charge in [-0.05, 0) is 31.8 Å². The fraction of sp³-hybridized carbons (Fsp3) is 0.909. The Hall–Kier alpha value is -0.430. The van der Waals surface area contributed by atoms with Crippen LogP contribution in [-0.4, -0.2) is 57.0 Å². The Bertz CT molecular complexity index is 368. The monoisotopic (exact) mass is 293 g/mol. The smallest absolute Gasteiger partial charge is 0.191 e. The summed E-state index contributed by atoms with van der Waals surface area (Å²) in [4.78, 5) is 4.45. The third-order valence-electron chi connectivity index (χ3n) is 2.69. The maximum absolute atomic E-state index is 11.4. The second-order valence-corrected chi connectivity index (χ2v) is 7.57. The van der Waals surface area contributed by atoms with E-state index in [-0.39, 0.29) is 17.5 Å². The molecule has 0 spiro atoms. The Balaban J connectivity index is 2.42. The molecule has 0 aromatic heterocycles. The van der Waals surface area contributed by atoms with Gasteiger partial charge in [-0.2, -0.15) is 11.8 Å². The molecule has 18 heavy (non-hydrogen) atoms. The summed E-state index contributed by atoms with van der Waals surface area (Å²) in [5.74, 6) is 2.35. The number of aliphatic imine (C=N–C) groups is 1. The molecule has 0 aromatic rings. The van der Waals surface area contributed by atoms with E-state index in [9.17, 15) is 8.42 Å². The highest BCUT2D eigenvalue weighted by molar-refractivity contribution is 7.98. The van der Waals surface area contributed by atoms with Crippen molar-refractivity contribution in [2.24, 2.45) is 4.99 Å². The maximum Gasteiger partial charge on any atom is 0.191 e. The van der Waals surface area contributed by atoms with Crippen molar-refractivity contribution in [2.75, 3.05) is 36.6 Å². The molecule has 1 atom stereocenters. The zero-order chi connectivity index (χ0) is 13.4. The highest BCUT2D eigenvalue weighted by atomic mass is 32.2. The van der Waals surface area contributed by atoms with Gasteiger partial charge >= 0.3 is 0 Å². The van der Waals surface area contributed by atoms with E-state index in [1.807, 2.05) is 18.7 Å². The van der Waals surface area contributed by atoms with Gasteiger partial charge in [0.2, 0.25) is 0 Å². The van der Waals surface area contributed by atoms with Crippen LogP contribution in [0.4, 0.5) is 0 Å². The highest BCUT2D eigenvalue weighted by Crippen LogP contribution is 2.10. The molecule has 1 aliphatic rings. The Labute approximate surface area is 114 Å². The van der Waals surface area contributed by atoms with Crippen molar-refractivity contribution in [3.8, 4) is 0 Å². The first-order chi connectivity index (χ1) is 8.57. The van der Waals surface area contributed by atoms with E-state index in [1.54, 1.807) is 0 Å². The molecule has 1 unspecified atom stereocenters. The normalized spacial score (nSPS) is 23.0. The number of hydrogen-bond acceptors (Lipinski definition) is 4. The van der Waals surface area contributed by atoms with E-state index in [0.717, 1.165) is 31.2 Å². The first kappa shape index (κ1) is 15.6. The van der Waals surface area contributed by atoms with Crippen LogP contribution >= 0.6 is 11.8 Å². The van der Waals surface area contributed by atoms with Gasteiger partial charge in [-0.1, -0.05) is 0 Å². The Morgan fingerprint density at radius 2 is 2.28 bits per heavy atom. The molecule has 0 bridgehead atoms. The van der Waals surface area contributed by atoms with Crippen LogP contribution < -0.4 is 10.6 Å². The Morgan fingerprint density at radius 1 is 1.50 bits per heavy atom. The van der Waals surface area contributed by atoms with Gasteiger partial charge in [-0.15, -0.1) is 0 Å². The van der Waals surface area contributed by atoms with Gasteiger partial charge in [0.1, 0.15) is 0 Å². The molecule has 106 valence electrons. The standard InChI is InChI=1S/C11H23N3O2S2/c1-3-12-11(13-6-4-7-17-2)14-10-5-8-18(15,16)9-10/h10H,3-9H2,1-2H3,(H2,12,13,14). The molecule has 1 rings (SSSR count). The lowest BCUT2D eigenvalue weighted by atomic mass is 10.3. The molecule has 0 saturated carbocycles. The summed E-state index contributed by atoms with van der Waals surface area (Å²) in [5.41, 5.74) is 0. The van der Waals surface area contributed by atoms with Gasteiger partial charge in [0, 0.05) is 19.1 Å². The molecule has 0 aromatic carbocycles. The van der Waals surface area contributed by atoms with Crippen LogP contribution in [0.2, 0.25) is 0 Å². The molecule has 2 N–H and O–H groups in total. The molecule has 1 saturated heterocycles. The highest BCUT2D eigenvalue weighted by Gasteiger charge is 2.28. The van der Waals surface area contributed by atoms with Gasteiger partial charge in [-0.25, -0.2) is 8.42 Å². The molecule has 0 aliphatic carbocycles. The fourth-order valence-electron chi connectivity index (χ4n) is 1.82. The van der Waals surface area contributed by atoms with Gasteiger partial charge in [-0.3, -0.25) is 4.99 Å². The minimum atomic E-state index is -2.83. The first-order valence-electron chi connectivity index (χ1n) is 6.31. The molecule has 5 nitrogen and oxygen atoms in total. The Morgan fingerprint density at radius 3 is 2.83 bits per heavy atom. The summed E-state index contributed by atoms with van der Waals surface area (Å²) in [6, 6.07) is 0.00773. The number of thioether (sulfide) groups is 1. The van der Waals surface area contributed by atoms with Gasteiger partial charge in [0.15, 0.2) is 15.8 Å². The van der Waals surface area contributed by atoms with Gasteiger partial charge in [0.05, 0.1) is 11.5 Å². The van der Waals surface area contributed by atoms with Crippen molar-refractivity contribution in [3.63, 3.8) is 0 Å². The molecule has 0 amide bonds. The summed E-state index contributed by atoms with van der Waals surface area (Å²) in [6.45, 7) is 3.56. The van der Waals surface area contributed by atoms with Crippen LogP contribution in [0.5, 0.6) is 0 Å². The van der Waals surface area contributed by atoms with Gasteiger partial charge in [0.25, 0.3) is 0 Å². The molecule has 7 heteroatoms. The SMILES string of the molecule is CCNC(=NCCCSC)NC1CCS(=O)(=O)C1. The number of sulfone groups is 1. The average Bonchev–Trinajstić information content (AvgIpc) is 2.64. The summed E-state index contributed by atoms with van der Waals surface area (Å²) < 4.78 is 22.8. The zero-order valence-corrected chi connectivity index (χ0v) is 12.7. The number of rotatable bonds is 6. The number of guanidine groups is 1. The first-order valence-corrected chi connectivity index (χ1v) is 9.53. The second kappa shape index (κ2) is 7.89. The lowest BCUT2D eigenvalue weighted by Gasteiger charge is -2.15. The van der Waals surface area contributed by atoms with Crippen molar-refractivity contribution in [3.05, 3.63) is 0 Å². The molecular formula is C11H23N3O2S2. The van der Waals surface area contributed by atoms with Crippen LogP contribution in [0.1, 0.15) is 19.8 Å². The maximum atomic E-state index is 11.4. The van der Waals surface area contributed by atoms with Crippen LogP contribution in [0.25, 0.3) is 0 Å². The van der Waals surface area contributed by atoms with Crippen molar-refractivity contribution < 1.29 is 8.42 Å². The largest absolute Gasteiger partial charge is 0.357 e. The third kappa shape index (κ3) is 5.95. The van der Waals surface area contributed by atoms with E-state index in [0.29, 0.717) is 6.42 Å². The quantitative estimate of drug-likeness (QED) is 0.423. The summed E-state index contributed by atoms with van der Waals surface area (Å²) in [7, 11) is -2.83. The molecule has 0 radical (unpaired) electrons. The minimum absolute atomic E-state index is 0.00773. The zero-order valence-electron chi connectivity index (χ0n) is 11.1. The summed E-state index contributed by atoms with van der Waals surface area (Å²) in [6.07, 6.45) is 3.80. The van der Waals surface area contributed by atoms with Crippen molar-refractivity contribution in [1.82, 2.24) is 10.6 Å². The van der Waals surface area contributed by atoms with E-state index >= 15 is 0 Å². The van der Waals surface area contributed by atoms with Crippen LogP contribution in [0.15, 0.2) is 4.99 Å². The molecular weight excluding hydrogens is 270 g/mol. The van der Waals surface area contributed by atoms with Crippen molar-refractivity contribution >= 4 is 27.6 Å². The van der Waals surface area contributed by atoms with E-state index in [1.165, 1.54) is 0 Å². The predicted molar refractivity (Wildman–Crippen MR) is 79.2 cm³/mol.